The van der Waals surface area contributed by atoms with E-state index in [9.17, 15) is 0 Å². The van der Waals surface area contributed by atoms with Gasteiger partial charge in [0.15, 0.2) is 0 Å². The Bertz CT molecular complexity index is 229. The summed E-state index contributed by atoms with van der Waals surface area (Å²) >= 11 is 0. The molecular formula is C12H19N2. The van der Waals surface area contributed by atoms with Gasteiger partial charge in [0.25, 0.3) is 0 Å². The van der Waals surface area contributed by atoms with Crippen molar-refractivity contribution in [1.29, 1.82) is 0 Å². The van der Waals surface area contributed by atoms with Gasteiger partial charge in [0, 0.05) is 18.8 Å². The van der Waals surface area contributed by atoms with E-state index in [4.69, 9.17) is 0 Å². The van der Waals surface area contributed by atoms with Crippen LogP contribution in [0.1, 0.15) is 13.8 Å². The Morgan fingerprint density at radius 3 is 2.43 bits per heavy atom. The normalized spacial score (nSPS) is 10.5. The molecule has 0 saturated heterocycles. The third-order valence-electron chi connectivity index (χ3n) is 2.37. The molecule has 1 rings (SSSR count). The number of anilines is 1. The van der Waals surface area contributed by atoms with E-state index in [1.54, 1.807) is 0 Å². The van der Waals surface area contributed by atoms with Gasteiger partial charge < -0.3 is 10.2 Å². The molecule has 0 heterocycles. The second-order valence-electron chi connectivity index (χ2n) is 3.24. The Labute approximate surface area is 86.9 Å². The molecule has 0 atom stereocenters. The predicted molar refractivity (Wildman–Crippen MR) is 61.6 cm³/mol. The van der Waals surface area contributed by atoms with Crippen LogP contribution < -0.4 is 5.32 Å². The maximum atomic E-state index is 3.38. The molecule has 0 unspecified atom stereocenters. The summed E-state index contributed by atoms with van der Waals surface area (Å²) in [6, 6.07) is 11.0. The minimum absolute atomic E-state index is 1.01. The molecule has 1 N–H and O–H groups in total. The molecule has 0 saturated carbocycles. The summed E-state index contributed by atoms with van der Waals surface area (Å²) < 4.78 is 0. The maximum absolute atomic E-state index is 3.38. The van der Waals surface area contributed by atoms with Gasteiger partial charge >= 0.3 is 0 Å². The highest BCUT2D eigenvalue weighted by Crippen LogP contribution is 2.03. The Morgan fingerprint density at radius 1 is 1.21 bits per heavy atom. The SMILES string of the molecule is CCN(CC)CCNc1cc[c]cc1. The largest absolute Gasteiger partial charge is 0.384 e. The van der Waals surface area contributed by atoms with Crippen LogP contribution in [-0.4, -0.2) is 31.1 Å². The fraction of sp³-hybridized carbons (Fsp3) is 0.500. The molecule has 0 spiro atoms. The number of hydrogen-bond donors (Lipinski definition) is 1. The van der Waals surface area contributed by atoms with Crippen molar-refractivity contribution in [2.45, 2.75) is 13.8 Å². The first-order chi connectivity index (χ1) is 6.86. The van der Waals surface area contributed by atoms with Gasteiger partial charge in [0.2, 0.25) is 0 Å². The first kappa shape index (κ1) is 11.1. The van der Waals surface area contributed by atoms with Crippen molar-refractivity contribution in [3.63, 3.8) is 0 Å². The van der Waals surface area contributed by atoms with Crippen molar-refractivity contribution in [3.8, 4) is 0 Å². The van der Waals surface area contributed by atoms with Crippen LogP contribution in [0.3, 0.4) is 0 Å². The zero-order valence-electron chi connectivity index (χ0n) is 9.09. The summed E-state index contributed by atoms with van der Waals surface area (Å²) in [5.41, 5.74) is 1.18. The lowest BCUT2D eigenvalue weighted by atomic mass is 10.3. The Morgan fingerprint density at radius 2 is 1.86 bits per heavy atom. The van der Waals surface area contributed by atoms with E-state index in [0.717, 1.165) is 26.2 Å². The van der Waals surface area contributed by atoms with Crippen LogP contribution in [0.4, 0.5) is 5.69 Å². The molecule has 0 bridgehead atoms. The standard InChI is InChI=1S/C12H19N2/c1-3-14(4-2)11-10-13-12-8-6-5-7-9-12/h6-9,13H,3-4,10-11H2,1-2H3. The van der Waals surface area contributed by atoms with E-state index < -0.39 is 0 Å². The quantitative estimate of drug-likeness (QED) is 0.742. The average Bonchev–Trinajstić information content (AvgIpc) is 2.26. The topological polar surface area (TPSA) is 15.3 Å². The second-order valence-corrected chi connectivity index (χ2v) is 3.24. The minimum atomic E-state index is 1.01. The molecule has 0 aromatic heterocycles. The van der Waals surface area contributed by atoms with Crippen molar-refractivity contribution < 1.29 is 0 Å². The fourth-order valence-corrected chi connectivity index (χ4v) is 1.40. The van der Waals surface area contributed by atoms with Crippen LogP contribution in [-0.2, 0) is 0 Å². The molecular weight excluding hydrogens is 172 g/mol. The highest BCUT2D eigenvalue weighted by atomic mass is 15.1. The van der Waals surface area contributed by atoms with Crippen LogP contribution in [0.5, 0.6) is 0 Å². The first-order valence-electron chi connectivity index (χ1n) is 5.29. The van der Waals surface area contributed by atoms with Crippen molar-refractivity contribution in [3.05, 3.63) is 30.3 Å². The van der Waals surface area contributed by atoms with Crippen LogP contribution >= 0.6 is 0 Å². The van der Waals surface area contributed by atoms with Gasteiger partial charge in [-0.15, -0.1) is 0 Å². The van der Waals surface area contributed by atoms with E-state index in [2.05, 4.69) is 30.1 Å². The van der Waals surface area contributed by atoms with Gasteiger partial charge in [-0.3, -0.25) is 0 Å². The number of rotatable bonds is 6. The molecule has 2 nitrogen and oxygen atoms in total. The van der Waals surface area contributed by atoms with Crippen molar-refractivity contribution >= 4 is 5.69 Å². The second kappa shape index (κ2) is 6.44. The molecule has 1 aromatic carbocycles. The predicted octanol–water partition coefficient (Wildman–Crippen LogP) is 2.24. The summed E-state index contributed by atoms with van der Waals surface area (Å²) in [5, 5.41) is 3.38. The highest BCUT2D eigenvalue weighted by Gasteiger charge is 1.97. The van der Waals surface area contributed by atoms with Crippen LogP contribution in [0, 0.1) is 6.07 Å². The maximum Gasteiger partial charge on any atom is 0.0341 e. The van der Waals surface area contributed by atoms with Crippen LogP contribution in [0.2, 0.25) is 0 Å². The van der Waals surface area contributed by atoms with Crippen molar-refractivity contribution in [1.82, 2.24) is 4.90 Å². The smallest absolute Gasteiger partial charge is 0.0341 e. The van der Waals surface area contributed by atoms with Gasteiger partial charge in [-0.25, -0.2) is 0 Å². The van der Waals surface area contributed by atoms with Gasteiger partial charge in [0.05, 0.1) is 0 Å². The van der Waals surface area contributed by atoms with Gasteiger partial charge in [-0.2, -0.15) is 0 Å². The van der Waals surface area contributed by atoms with Crippen molar-refractivity contribution in [2.24, 2.45) is 0 Å². The number of benzene rings is 1. The summed E-state index contributed by atoms with van der Waals surface area (Å²) in [6.07, 6.45) is 0. The molecule has 0 aliphatic heterocycles. The summed E-state index contributed by atoms with van der Waals surface area (Å²) in [7, 11) is 0. The Kier molecular flexibility index (Phi) is 5.08. The highest BCUT2D eigenvalue weighted by molar-refractivity contribution is 5.41. The van der Waals surface area contributed by atoms with E-state index in [0.29, 0.717) is 0 Å². The molecule has 1 aromatic rings. The summed E-state index contributed by atoms with van der Waals surface area (Å²) in [4.78, 5) is 2.40. The minimum Gasteiger partial charge on any atom is -0.384 e. The van der Waals surface area contributed by atoms with E-state index in [-0.39, 0.29) is 0 Å². The molecule has 0 amide bonds. The lowest BCUT2D eigenvalue weighted by Crippen LogP contribution is -2.28. The number of likely N-dealkylation sites (N-methyl/N-ethyl adjacent to an activating group) is 1. The van der Waals surface area contributed by atoms with Gasteiger partial charge in [-0.05, 0) is 31.3 Å². The number of hydrogen-bond acceptors (Lipinski definition) is 2. The zero-order valence-corrected chi connectivity index (χ0v) is 9.09. The third kappa shape index (κ3) is 3.79. The molecule has 2 heteroatoms. The summed E-state index contributed by atoms with van der Waals surface area (Å²) in [6.45, 7) is 8.75. The Hall–Kier alpha value is -1.02. The fourth-order valence-electron chi connectivity index (χ4n) is 1.40. The molecule has 77 valence electrons. The Balaban J connectivity index is 2.21. The summed E-state index contributed by atoms with van der Waals surface area (Å²) in [5.74, 6) is 0. The molecule has 14 heavy (non-hydrogen) atoms. The van der Waals surface area contributed by atoms with Crippen molar-refractivity contribution in [2.75, 3.05) is 31.5 Å². The first-order valence-corrected chi connectivity index (χ1v) is 5.29. The van der Waals surface area contributed by atoms with Crippen LogP contribution in [0.25, 0.3) is 0 Å². The molecule has 0 fully saturated rings. The van der Waals surface area contributed by atoms with E-state index in [1.165, 1.54) is 5.69 Å². The van der Waals surface area contributed by atoms with Gasteiger partial charge in [0.1, 0.15) is 0 Å². The number of nitrogens with zero attached hydrogens (tertiary/aromatic N) is 1. The lowest BCUT2D eigenvalue weighted by Gasteiger charge is -2.18. The lowest BCUT2D eigenvalue weighted by molar-refractivity contribution is 0.316. The van der Waals surface area contributed by atoms with Gasteiger partial charge in [-0.1, -0.05) is 26.0 Å². The third-order valence-corrected chi connectivity index (χ3v) is 2.37. The van der Waals surface area contributed by atoms with Crippen LogP contribution in [0.15, 0.2) is 24.3 Å². The zero-order chi connectivity index (χ0) is 10.2. The molecule has 0 aliphatic carbocycles. The molecule has 0 aliphatic rings. The number of nitrogens with one attached hydrogen (secondary N) is 1. The van der Waals surface area contributed by atoms with E-state index >= 15 is 0 Å². The monoisotopic (exact) mass is 191 g/mol. The molecule has 1 radical (unpaired) electrons. The van der Waals surface area contributed by atoms with E-state index in [1.807, 2.05) is 24.3 Å². The average molecular weight is 191 g/mol.